The average Bonchev–Trinajstić information content (AvgIpc) is 2.04. The van der Waals surface area contributed by atoms with Crippen molar-refractivity contribution in [2.24, 2.45) is 0 Å². The molecule has 2 heteroatoms. The maximum Gasteiger partial charge on any atom is 0.126 e. The van der Waals surface area contributed by atoms with Gasteiger partial charge in [0.05, 0.1) is 0 Å². The highest BCUT2D eigenvalue weighted by Crippen LogP contribution is 2.06. The second-order valence-corrected chi connectivity index (χ2v) is 3.12. The summed E-state index contributed by atoms with van der Waals surface area (Å²) in [5.74, 6) is 0.976. The van der Waals surface area contributed by atoms with E-state index in [1.54, 1.807) is 0 Å². The Morgan fingerprint density at radius 1 is 1.50 bits per heavy atom. The fourth-order valence-corrected chi connectivity index (χ4v) is 0.978. The van der Waals surface area contributed by atoms with Gasteiger partial charge in [-0.25, -0.2) is 4.98 Å². The van der Waals surface area contributed by atoms with E-state index in [0.717, 1.165) is 17.9 Å². The van der Waals surface area contributed by atoms with Crippen LogP contribution in [0.4, 0.5) is 5.82 Å². The van der Waals surface area contributed by atoms with E-state index in [1.807, 2.05) is 25.1 Å². The minimum atomic E-state index is 0.499. The second-order valence-electron chi connectivity index (χ2n) is 3.12. The van der Waals surface area contributed by atoms with E-state index in [0.29, 0.717) is 6.04 Å². The molecule has 1 atom stereocenters. The zero-order valence-electron chi connectivity index (χ0n) is 7.96. The third-order valence-corrected chi connectivity index (χ3v) is 1.89. The summed E-state index contributed by atoms with van der Waals surface area (Å²) in [6.07, 6.45) is 1.12. The summed E-state index contributed by atoms with van der Waals surface area (Å²) in [5, 5.41) is 3.32. The van der Waals surface area contributed by atoms with Gasteiger partial charge in [-0.1, -0.05) is 13.0 Å². The zero-order valence-corrected chi connectivity index (χ0v) is 7.96. The van der Waals surface area contributed by atoms with Gasteiger partial charge in [-0.2, -0.15) is 0 Å². The summed E-state index contributed by atoms with van der Waals surface area (Å²) in [7, 11) is 0. The Balaban J connectivity index is 2.63. The maximum absolute atomic E-state index is 4.35. The molecule has 1 aromatic rings. The van der Waals surface area contributed by atoms with Crippen LogP contribution in [0.2, 0.25) is 0 Å². The molecule has 1 N–H and O–H groups in total. The number of hydrogen-bond donors (Lipinski definition) is 1. The van der Waals surface area contributed by atoms with Crippen molar-refractivity contribution in [3.05, 3.63) is 23.9 Å². The first-order valence-corrected chi connectivity index (χ1v) is 4.42. The highest BCUT2D eigenvalue weighted by atomic mass is 15.0. The molecule has 0 aromatic carbocycles. The van der Waals surface area contributed by atoms with Gasteiger partial charge in [0.25, 0.3) is 0 Å². The Morgan fingerprint density at radius 3 is 2.83 bits per heavy atom. The smallest absolute Gasteiger partial charge is 0.126 e. The highest BCUT2D eigenvalue weighted by Gasteiger charge is 1.98. The largest absolute Gasteiger partial charge is 0.368 e. The van der Waals surface area contributed by atoms with Crippen LogP contribution in [0, 0.1) is 6.92 Å². The number of rotatable bonds is 3. The Bertz CT molecular complexity index is 245. The van der Waals surface area contributed by atoms with Gasteiger partial charge in [0.15, 0.2) is 0 Å². The molecule has 0 fully saturated rings. The normalized spacial score (nSPS) is 12.6. The first kappa shape index (κ1) is 9.04. The Kier molecular flexibility index (Phi) is 3.09. The highest BCUT2D eigenvalue weighted by molar-refractivity contribution is 5.35. The Morgan fingerprint density at radius 2 is 2.25 bits per heavy atom. The lowest BCUT2D eigenvalue weighted by atomic mass is 10.2. The van der Waals surface area contributed by atoms with Crippen molar-refractivity contribution < 1.29 is 0 Å². The van der Waals surface area contributed by atoms with Crippen molar-refractivity contribution in [2.45, 2.75) is 33.2 Å². The number of anilines is 1. The van der Waals surface area contributed by atoms with Crippen LogP contribution in [0.25, 0.3) is 0 Å². The van der Waals surface area contributed by atoms with E-state index in [2.05, 4.69) is 24.1 Å². The monoisotopic (exact) mass is 164 g/mol. The van der Waals surface area contributed by atoms with Gasteiger partial charge >= 0.3 is 0 Å². The number of aromatic nitrogens is 1. The topological polar surface area (TPSA) is 24.9 Å². The molecule has 0 aliphatic heterocycles. The molecule has 1 heterocycles. The van der Waals surface area contributed by atoms with Gasteiger partial charge in [0, 0.05) is 11.7 Å². The van der Waals surface area contributed by atoms with Crippen LogP contribution in [0.1, 0.15) is 26.0 Å². The Labute approximate surface area is 74.0 Å². The van der Waals surface area contributed by atoms with Gasteiger partial charge in [-0.05, 0) is 32.4 Å². The first-order valence-electron chi connectivity index (χ1n) is 4.42. The number of aryl methyl sites for hydroxylation is 1. The van der Waals surface area contributed by atoms with E-state index in [9.17, 15) is 0 Å². The molecular formula is C10H16N2. The summed E-state index contributed by atoms with van der Waals surface area (Å²) >= 11 is 0. The fraction of sp³-hybridized carbons (Fsp3) is 0.500. The summed E-state index contributed by atoms with van der Waals surface area (Å²) in [4.78, 5) is 4.35. The van der Waals surface area contributed by atoms with Crippen LogP contribution in [0.5, 0.6) is 0 Å². The van der Waals surface area contributed by atoms with Crippen molar-refractivity contribution in [1.82, 2.24) is 4.98 Å². The molecule has 0 aliphatic carbocycles. The van der Waals surface area contributed by atoms with E-state index < -0.39 is 0 Å². The number of nitrogens with one attached hydrogen (secondary N) is 1. The molecule has 1 rings (SSSR count). The molecule has 0 spiro atoms. The van der Waals surface area contributed by atoms with E-state index in [1.165, 1.54) is 0 Å². The summed E-state index contributed by atoms with van der Waals surface area (Å²) in [6, 6.07) is 6.52. The van der Waals surface area contributed by atoms with Gasteiger partial charge in [0.1, 0.15) is 5.82 Å². The first-order chi connectivity index (χ1) is 5.72. The molecule has 0 aliphatic rings. The van der Waals surface area contributed by atoms with Crippen molar-refractivity contribution in [2.75, 3.05) is 5.32 Å². The standard InChI is InChI=1S/C10H16N2/c1-4-8(2)11-10-7-5-6-9(3)12-10/h5-8H,4H2,1-3H3,(H,11,12). The molecule has 1 unspecified atom stereocenters. The van der Waals surface area contributed by atoms with E-state index in [4.69, 9.17) is 0 Å². The van der Waals surface area contributed by atoms with E-state index in [-0.39, 0.29) is 0 Å². The van der Waals surface area contributed by atoms with Gasteiger partial charge < -0.3 is 5.32 Å². The zero-order chi connectivity index (χ0) is 8.97. The van der Waals surface area contributed by atoms with Crippen LogP contribution >= 0.6 is 0 Å². The van der Waals surface area contributed by atoms with Gasteiger partial charge in [-0.3, -0.25) is 0 Å². The SMILES string of the molecule is CCC(C)Nc1cccc(C)n1. The lowest BCUT2D eigenvalue weighted by Gasteiger charge is -2.11. The molecule has 2 nitrogen and oxygen atoms in total. The predicted molar refractivity (Wildman–Crippen MR) is 52.3 cm³/mol. The number of nitrogens with zero attached hydrogens (tertiary/aromatic N) is 1. The third kappa shape index (κ3) is 2.53. The van der Waals surface area contributed by atoms with Crippen LogP contribution in [-0.4, -0.2) is 11.0 Å². The molecule has 0 saturated heterocycles. The van der Waals surface area contributed by atoms with Gasteiger partial charge in [0.2, 0.25) is 0 Å². The lowest BCUT2D eigenvalue weighted by Crippen LogP contribution is -2.14. The van der Waals surface area contributed by atoms with Crippen LogP contribution in [-0.2, 0) is 0 Å². The molecule has 0 amide bonds. The predicted octanol–water partition coefficient (Wildman–Crippen LogP) is 2.60. The quantitative estimate of drug-likeness (QED) is 0.742. The van der Waals surface area contributed by atoms with Gasteiger partial charge in [-0.15, -0.1) is 0 Å². The summed E-state index contributed by atoms with van der Waals surface area (Å²) < 4.78 is 0. The fourth-order valence-electron chi connectivity index (χ4n) is 0.978. The van der Waals surface area contributed by atoms with Crippen molar-refractivity contribution in [3.63, 3.8) is 0 Å². The number of hydrogen-bond acceptors (Lipinski definition) is 2. The summed E-state index contributed by atoms with van der Waals surface area (Å²) in [5.41, 5.74) is 1.06. The lowest BCUT2D eigenvalue weighted by molar-refractivity contribution is 0.758. The molecule has 0 saturated carbocycles. The van der Waals surface area contributed by atoms with Crippen LogP contribution in [0.15, 0.2) is 18.2 Å². The molecular weight excluding hydrogens is 148 g/mol. The minimum Gasteiger partial charge on any atom is -0.368 e. The van der Waals surface area contributed by atoms with Crippen LogP contribution < -0.4 is 5.32 Å². The van der Waals surface area contributed by atoms with Crippen molar-refractivity contribution >= 4 is 5.82 Å². The average molecular weight is 164 g/mol. The van der Waals surface area contributed by atoms with Crippen molar-refractivity contribution in [3.8, 4) is 0 Å². The molecule has 66 valence electrons. The molecule has 0 radical (unpaired) electrons. The Hall–Kier alpha value is -1.05. The molecule has 12 heavy (non-hydrogen) atoms. The maximum atomic E-state index is 4.35. The molecule has 1 aromatic heterocycles. The third-order valence-electron chi connectivity index (χ3n) is 1.89. The second kappa shape index (κ2) is 4.10. The number of pyridine rings is 1. The minimum absolute atomic E-state index is 0.499. The van der Waals surface area contributed by atoms with E-state index >= 15 is 0 Å². The molecule has 0 bridgehead atoms. The van der Waals surface area contributed by atoms with Crippen molar-refractivity contribution in [1.29, 1.82) is 0 Å². The van der Waals surface area contributed by atoms with Crippen LogP contribution in [0.3, 0.4) is 0 Å². The summed E-state index contributed by atoms with van der Waals surface area (Å²) in [6.45, 7) is 6.32.